The van der Waals surface area contributed by atoms with E-state index >= 15 is 0 Å². The van der Waals surface area contributed by atoms with E-state index in [0.29, 0.717) is 0 Å². The third-order valence-electron chi connectivity index (χ3n) is 1.85. The molecule has 1 aromatic heterocycles. The molecule has 20 heavy (non-hydrogen) atoms. The van der Waals surface area contributed by atoms with E-state index in [4.69, 9.17) is 5.11 Å². The second kappa shape index (κ2) is 6.84. The molecule has 0 spiro atoms. The quantitative estimate of drug-likeness (QED) is 0.706. The maximum absolute atomic E-state index is 11.7. The number of hydrogen-bond donors (Lipinski definition) is 2. The van der Waals surface area contributed by atoms with Crippen molar-refractivity contribution in [2.75, 3.05) is 13.2 Å². The molecular formula is C9H11F3N4O4. The lowest BCUT2D eigenvalue weighted by molar-refractivity contribution is -0.175. The van der Waals surface area contributed by atoms with E-state index in [-0.39, 0.29) is 18.8 Å². The van der Waals surface area contributed by atoms with Crippen molar-refractivity contribution in [1.82, 2.24) is 20.3 Å². The van der Waals surface area contributed by atoms with Crippen LogP contribution in [0.2, 0.25) is 0 Å². The highest BCUT2D eigenvalue weighted by Gasteiger charge is 2.27. The summed E-state index contributed by atoms with van der Waals surface area (Å²) in [5.41, 5.74) is 0.274. The lowest BCUT2D eigenvalue weighted by Gasteiger charge is -2.07. The summed E-state index contributed by atoms with van der Waals surface area (Å²) in [6.45, 7) is -2.71. The topological polar surface area (TPSA) is 106 Å². The molecule has 2 N–H and O–H groups in total. The Kier molecular flexibility index (Phi) is 5.43. The number of aromatic nitrogens is 3. The smallest absolute Gasteiger partial charge is 0.411 e. The summed E-state index contributed by atoms with van der Waals surface area (Å²) in [5.74, 6) is -1.85. The third-order valence-corrected chi connectivity index (χ3v) is 1.85. The molecule has 1 rings (SSSR count). The van der Waals surface area contributed by atoms with Crippen LogP contribution in [0.5, 0.6) is 0 Å². The van der Waals surface area contributed by atoms with Crippen LogP contribution in [0.25, 0.3) is 0 Å². The van der Waals surface area contributed by atoms with E-state index in [9.17, 15) is 22.8 Å². The monoisotopic (exact) mass is 296 g/mol. The lowest BCUT2D eigenvalue weighted by Crippen LogP contribution is -2.29. The van der Waals surface area contributed by atoms with Crippen LogP contribution in [-0.4, -0.2) is 51.4 Å². The molecule has 0 aliphatic carbocycles. The van der Waals surface area contributed by atoms with Crippen molar-refractivity contribution in [2.24, 2.45) is 0 Å². The summed E-state index contributed by atoms with van der Waals surface area (Å²) in [6, 6.07) is 0. The second-order valence-electron chi connectivity index (χ2n) is 3.69. The predicted octanol–water partition coefficient (Wildman–Crippen LogP) is -0.442. The summed E-state index contributed by atoms with van der Waals surface area (Å²) < 4.78 is 40.4. The summed E-state index contributed by atoms with van der Waals surface area (Å²) in [5, 5.41) is 17.8. The maximum Gasteiger partial charge on any atom is 0.411 e. The summed E-state index contributed by atoms with van der Waals surface area (Å²) in [6.07, 6.45) is -3.19. The Labute approximate surface area is 110 Å². The first kappa shape index (κ1) is 15.9. The number of aliphatic carboxylic acids is 1. The van der Waals surface area contributed by atoms with Gasteiger partial charge in [-0.25, -0.2) is 4.68 Å². The van der Waals surface area contributed by atoms with Crippen LogP contribution in [0, 0.1) is 0 Å². The Morgan fingerprint density at radius 1 is 1.45 bits per heavy atom. The summed E-state index contributed by atoms with van der Waals surface area (Å²) >= 11 is 0. The van der Waals surface area contributed by atoms with Crippen molar-refractivity contribution in [3.05, 3.63) is 11.9 Å². The van der Waals surface area contributed by atoms with Crippen molar-refractivity contribution in [2.45, 2.75) is 19.3 Å². The van der Waals surface area contributed by atoms with Gasteiger partial charge in [0, 0.05) is 0 Å². The average Bonchev–Trinajstić information content (AvgIpc) is 2.71. The first-order valence-corrected chi connectivity index (χ1v) is 5.28. The van der Waals surface area contributed by atoms with Gasteiger partial charge >= 0.3 is 12.1 Å². The van der Waals surface area contributed by atoms with Crippen molar-refractivity contribution >= 4 is 11.9 Å². The molecule has 11 heteroatoms. The molecule has 0 bridgehead atoms. The number of nitrogens with one attached hydrogen (secondary N) is 1. The van der Waals surface area contributed by atoms with Gasteiger partial charge in [0.25, 0.3) is 0 Å². The normalized spacial score (nSPS) is 11.3. The van der Waals surface area contributed by atoms with Gasteiger partial charge in [-0.3, -0.25) is 9.59 Å². The van der Waals surface area contributed by atoms with Crippen molar-refractivity contribution < 1.29 is 32.6 Å². The molecule has 1 amide bonds. The van der Waals surface area contributed by atoms with Gasteiger partial charge in [-0.1, -0.05) is 5.21 Å². The van der Waals surface area contributed by atoms with Gasteiger partial charge < -0.3 is 15.2 Å². The lowest BCUT2D eigenvalue weighted by atomic mass is 10.4. The molecule has 0 saturated heterocycles. The minimum Gasteiger partial charge on any atom is -0.480 e. The summed E-state index contributed by atoms with van der Waals surface area (Å²) in [7, 11) is 0. The first-order valence-electron chi connectivity index (χ1n) is 5.28. The fourth-order valence-electron chi connectivity index (χ4n) is 1.14. The highest BCUT2D eigenvalue weighted by molar-refractivity contribution is 5.77. The van der Waals surface area contributed by atoms with Crippen LogP contribution in [0.3, 0.4) is 0 Å². The SMILES string of the molecule is O=C(O)Cn1cc(CNC(=O)COCC(F)(F)F)nn1. The molecule has 0 aliphatic rings. The van der Waals surface area contributed by atoms with Crippen molar-refractivity contribution in [1.29, 1.82) is 0 Å². The Morgan fingerprint density at radius 2 is 2.15 bits per heavy atom. The molecule has 0 aromatic carbocycles. The molecule has 0 aliphatic heterocycles. The molecule has 0 radical (unpaired) electrons. The third kappa shape index (κ3) is 6.68. The molecule has 1 heterocycles. The number of ether oxygens (including phenoxy) is 1. The number of carbonyl (C=O) groups is 2. The Hall–Kier alpha value is -2.17. The Morgan fingerprint density at radius 3 is 2.75 bits per heavy atom. The maximum atomic E-state index is 11.7. The van der Waals surface area contributed by atoms with Gasteiger partial charge in [0.1, 0.15) is 25.5 Å². The second-order valence-corrected chi connectivity index (χ2v) is 3.69. The van der Waals surface area contributed by atoms with Gasteiger partial charge in [0.15, 0.2) is 0 Å². The molecule has 0 fully saturated rings. The number of halogens is 3. The van der Waals surface area contributed by atoms with E-state index < -0.39 is 31.3 Å². The Balaban J connectivity index is 2.27. The average molecular weight is 296 g/mol. The van der Waals surface area contributed by atoms with E-state index in [1.165, 1.54) is 6.20 Å². The molecular weight excluding hydrogens is 285 g/mol. The van der Waals surface area contributed by atoms with E-state index in [1.54, 1.807) is 0 Å². The minimum absolute atomic E-state index is 0.0895. The summed E-state index contributed by atoms with van der Waals surface area (Å²) in [4.78, 5) is 21.5. The zero-order chi connectivity index (χ0) is 15.2. The van der Waals surface area contributed by atoms with Gasteiger partial charge in [-0.05, 0) is 0 Å². The van der Waals surface area contributed by atoms with E-state index in [2.05, 4.69) is 20.4 Å². The highest BCUT2D eigenvalue weighted by Crippen LogP contribution is 2.13. The molecule has 1 aromatic rings. The number of carboxylic acid groups (broad SMARTS) is 1. The van der Waals surface area contributed by atoms with Crippen LogP contribution in [0.4, 0.5) is 13.2 Å². The number of carboxylic acids is 1. The number of nitrogens with zero attached hydrogens (tertiary/aromatic N) is 3. The van der Waals surface area contributed by atoms with Crippen LogP contribution < -0.4 is 5.32 Å². The van der Waals surface area contributed by atoms with Crippen LogP contribution >= 0.6 is 0 Å². The molecule has 0 saturated carbocycles. The standard InChI is InChI=1S/C9H11F3N4O4/c10-9(11,12)5-20-4-7(17)13-1-6-2-16(15-14-6)3-8(18)19/h2H,1,3-5H2,(H,13,17)(H,18,19). The number of carbonyl (C=O) groups excluding carboxylic acids is 1. The molecule has 0 atom stereocenters. The first-order chi connectivity index (χ1) is 9.26. The zero-order valence-electron chi connectivity index (χ0n) is 10.1. The fraction of sp³-hybridized carbons (Fsp3) is 0.556. The van der Waals surface area contributed by atoms with E-state index in [0.717, 1.165) is 4.68 Å². The molecule has 112 valence electrons. The Bertz CT molecular complexity index is 474. The zero-order valence-corrected chi connectivity index (χ0v) is 10.1. The number of alkyl halides is 3. The predicted molar refractivity (Wildman–Crippen MR) is 56.4 cm³/mol. The van der Waals surface area contributed by atoms with Crippen LogP contribution in [0.15, 0.2) is 6.20 Å². The van der Waals surface area contributed by atoms with Crippen molar-refractivity contribution in [3.63, 3.8) is 0 Å². The fourth-order valence-corrected chi connectivity index (χ4v) is 1.14. The van der Waals surface area contributed by atoms with Crippen LogP contribution in [-0.2, 0) is 27.4 Å². The van der Waals surface area contributed by atoms with E-state index in [1.807, 2.05) is 0 Å². The van der Waals surface area contributed by atoms with Gasteiger partial charge in [-0.2, -0.15) is 13.2 Å². The van der Waals surface area contributed by atoms with Gasteiger partial charge in [0.05, 0.1) is 12.7 Å². The van der Waals surface area contributed by atoms with Crippen LogP contribution in [0.1, 0.15) is 5.69 Å². The number of rotatable bonds is 7. The number of hydrogen-bond acceptors (Lipinski definition) is 5. The molecule has 0 unspecified atom stereocenters. The number of amides is 1. The molecule has 8 nitrogen and oxygen atoms in total. The minimum atomic E-state index is -4.49. The van der Waals surface area contributed by atoms with Gasteiger partial charge in [0.2, 0.25) is 5.91 Å². The van der Waals surface area contributed by atoms with Crippen molar-refractivity contribution in [3.8, 4) is 0 Å². The largest absolute Gasteiger partial charge is 0.480 e. The van der Waals surface area contributed by atoms with Gasteiger partial charge in [-0.15, -0.1) is 5.10 Å². The highest BCUT2D eigenvalue weighted by atomic mass is 19.4.